The Labute approximate surface area is 442 Å². The Morgan fingerprint density at radius 1 is 0.319 bits per heavy atom. The fraction of sp³-hybridized carbons (Fsp3) is 0.788. The van der Waals surface area contributed by atoms with Crippen molar-refractivity contribution in [2.75, 3.05) is 0 Å². The Balaban J connectivity index is 0.0000238. The van der Waals surface area contributed by atoms with Crippen LogP contribution in [0.3, 0.4) is 0 Å². The number of rotatable bonds is 52. The summed E-state index contributed by atoms with van der Waals surface area (Å²) in [5.41, 5.74) is 6.14. The molecule has 69 heavy (non-hydrogen) atoms. The van der Waals surface area contributed by atoms with Crippen LogP contribution in [0, 0.1) is 0 Å². The molecule has 0 unspecified atom stereocenters. The van der Waals surface area contributed by atoms with E-state index in [9.17, 15) is 0 Å². The first-order valence-electron chi connectivity index (χ1n) is 31.0. The fourth-order valence-electron chi connectivity index (χ4n) is 10.3. The smallest absolute Gasteiger partial charge is 0.0636 e. The second-order valence-corrected chi connectivity index (χ2v) is 21.7. The molecule has 0 spiro atoms. The van der Waals surface area contributed by atoms with Gasteiger partial charge in [-0.3, -0.25) is 9.98 Å². The van der Waals surface area contributed by atoms with Gasteiger partial charge in [0.15, 0.2) is 0 Å². The molecule has 0 aliphatic carbocycles. The predicted octanol–water partition coefficient (Wildman–Crippen LogP) is 23.6. The molecule has 0 aliphatic heterocycles. The molecule has 2 aromatic rings. The van der Waals surface area contributed by atoms with Crippen molar-refractivity contribution in [2.45, 2.75) is 335 Å². The summed E-state index contributed by atoms with van der Waals surface area (Å²) in [5.74, 6) is 0. The third-order valence-electron chi connectivity index (χ3n) is 14.9. The van der Waals surface area contributed by atoms with Crippen LogP contribution in [0.4, 0.5) is 11.4 Å². The van der Waals surface area contributed by atoms with Crippen molar-refractivity contribution in [3.8, 4) is 0 Å². The summed E-state index contributed by atoms with van der Waals surface area (Å²) < 4.78 is 0. The fourth-order valence-corrected chi connectivity index (χ4v) is 10.3. The predicted molar refractivity (Wildman–Crippen MR) is 310 cm³/mol. The van der Waals surface area contributed by atoms with Crippen LogP contribution >= 0.6 is 0 Å². The minimum absolute atomic E-state index is 0. The summed E-state index contributed by atoms with van der Waals surface area (Å²) in [6.07, 6.45) is 70.5. The molecule has 0 N–H and O–H groups in total. The van der Waals surface area contributed by atoms with Crippen LogP contribution in [0.15, 0.2) is 58.5 Å². The molecule has 0 aromatic heterocycles. The number of nitrogens with zero attached hydrogens (tertiary/aromatic N) is 2. The minimum atomic E-state index is 0. The molecule has 0 saturated carbocycles. The molecule has 2 nitrogen and oxygen atoms in total. The normalized spacial score (nSPS) is 11.8. The molecule has 0 atom stereocenters. The van der Waals surface area contributed by atoms with Gasteiger partial charge in [-0.1, -0.05) is 321 Å². The summed E-state index contributed by atoms with van der Waals surface area (Å²) >= 11 is 0. The Morgan fingerprint density at radius 3 is 0.899 bits per heavy atom. The molecule has 3 heteroatoms. The van der Waals surface area contributed by atoms with E-state index in [2.05, 4.69) is 75.5 Å². The first kappa shape index (κ1) is 65.3. The molecule has 0 saturated heterocycles. The molecule has 400 valence electrons. The van der Waals surface area contributed by atoms with Crippen molar-refractivity contribution in [3.05, 3.63) is 59.7 Å². The minimum Gasteiger partial charge on any atom is -0.255 e. The summed E-state index contributed by atoms with van der Waals surface area (Å²) in [6, 6.07) is 18.0. The van der Waals surface area contributed by atoms with Crippen LogP contribution in [0.2, 0.25) is 0 Å². The zero-order chi connectivity index (χ0) is 48.3. The Morgan fingerprint density at radius 2 is 0.580 bits per heavy atom. The van der Waals surface area contributed by atoms with Gasteiger partial charge in [-0.25, -0.2) is 0 Å². The van der Waals surface area contributed by atoms with E-state index in [4.69, 9.17) is 9.98 Å². The monoisotopic (exact) mass is 995 g/mol. The second-order valence-electron chi connectivity index (χ2n) is 21.7. The number of unbranched alkanes of at least 4 members (excludes halogenated alkanes) is 43. The number of aryl methyl sites for hydroxylation is 2. The molecule has 0 aliphatic rings. The molecular weight excluding hydrogens is 879 g/mol. The van der Waals surface area contributed by atoms with E-state index in [0.29, 0.717) is 0 Å². The topological polar surface area (TPSA) is 24.7 Å². The first-order chi connectivity index (χ1) is 33.7. The maximum atomic E-state index is 5.23. The van der Waals surface area contributed by atoms with Gasteiger partial charge in [-0.05, 0) is 73.9 Å². The summed E-state index contributed by atoms with van der Waals surface area (Å²) in [4.78, 5) is 10.3. The van der Waals surface area contributed by atoms with Crippen LogP contribution in [-0.2, 0) is 29.3 Å². The van der Waals surface area contributed by atoms with Gasteiger partial charge in [0.05, 0.1) is 17.1 Å². The number of benzene rings is 2. The van der Waals surface area contributed by atoms with E-state index in [-0.39, 0.29) is 16.5 Å². The Kier molecular flexibility index (Phi) is 49.8. The second kappa shape index (κ2) is 52.6. The largest absolute Gasteiger partial charge is 0.255 e. The van der Waals surface area contributed by atoms with Crippen molar-refractivity contribution in [1.82, 2.24) is 0 Å². The standard InChI is InChI=1S/C66H116N2.Ni/c1-4-7-10-13-16-18-20-22-24-26-28-30-32-34-36-38-40-42-44-47-52-62-54-50-57-64(59-62)67-61-66(56-49-46-15-12-9-6-3)68-65-58-51-55-63(60-65)53-48-45-43-41-39-37-35-33-31-29-27-25-23-21-19-17-14-11-8-5-2;/h50-51,54-55,57-61H,4-49,52-53,56H2,1-3H3;/b67-61+,68-66-;. The Hall–Kier alpha value is -1.73. The van der Waals surface area contributed by atoms with E-state index in [1.165, 1.54) is 306 Å². The van der Waals surface area contributed by atoms with Gasteiger partial charge in [0.25, 0.3) is 0 Å². The molecule has 2 aromatic carbocycles. The van der Waals surface area contributed by atoms with Gasteiger partial charge in [0.1, 0.15) is 0 Å². The van der Waals surface area contributed by atoms with Crippen molar-refractivity contribution in [2.24, 2.45) is 9.98 Å². The molecule has 0 radical (unpaired) electrons. The van der Waals surface area contributed by atoms with Crippen molar-refractivity contribution in [1.29, 1.82) is 0 Å². The maximum Gasteiger partial charge on any atom is 0.0636 e. The average Bonchev–Trinajstić information content (AvgIpc) is 3.35. The van der Waals surface area contributed by atoms with E-state index >= 15 is 0 Å². The zero-order valence-corrected chi connectivity index (χ0v) is 47.5. The van der Waals surface area contributed by atoms with Crippen molar-refractivity contribution >= 4 is 23.3 Å². The SMILES string of the molecule is CCCCCCCCCCCCCCCCCCCCCCc1cccc(/N=C(\C=N\c2cccc(CCCCCCCCCCCCCCCCCCCCCC)c2)CCCCCCCC)c1.[Ni]. The number of hydrogen-bond acceptors (Lipinski definition) is 2. The van der Waals surface area contributed by atoms with Gasteiger partial charge in [0, 0.05) is 22.7 Å². The van der Waals surface area contributed by atoms with Gasteiger partial charge in [-0.2, -0.15) is 0 Å². The first-order valence-corrected chi connectivity index (χ1v) is 31.0. The van der Waals surface area contributed by atoms with Crippen LogP contribution in [0.5, 0.6) is 0 Å². The third kappa shape index (κ3) is 43.6. The van der Waals surface area contributed by atoms with Gasteiger partial charge >= 0.3 is 0 Å². The molecule has 0 amide bonds. The van der Waals surface area contributed by atoms with Crippen LogP contribution in [0.25, 0.3) is 0 Å². The van der Waals surface area contributed by atoms with Gasteiger partial charge in [-0.15, -0.1) is 0 Å². The summed E-state index contributed by atoms with van der Waals surface area (Å²) in [6.45, 7) is 6.92. The van der Waals surface area contributed by atoms with Crippen LogP contribution < -0.4 is 0 Å². The number of hydrogen-bond donors (Lipinski definition) is 0. The van der Waals surface area contributed by atoms with E-state index < -0.39 is 0 Å². The summed E-state index contributed by atoms with van der Waals surface area (Å²) in [5, 5.41) is 0. The Bertz CT molecular complexity index is 1400. The quantitative estimate of drug-likeness (QED) is 0.0358. The molecule has 0 heterocycles. The van der Waals surface area contributed by atoms with Gasteiger partial charge in [0.2, 0.25) is 0 Å². The number of aliphatic imine (C=N–C) groups is 2. The zero-order valence-electron chi connectivity index (χ0n) is 46.6. The summed E-state index contributed by atoms with van der Waals surface area (Å²) in [7, 11) is 0. The maximum absolute atomic E-state index is 5.23. The van der Waals surface area contributed by atoms with E-state index in [0.717, 1.165) is 36.3 Å². The average molecular weight is 996 g/mol. The molecule has 0 fully saturated rings. The molecule has 2 rings (SSSR count). The molecule has 0 bridgehead atoms. The van der Waals surface area contributed by atoms with Crippen LogP contribution in [0.1, 0.15) is 334 Å². The third-order valence-corrected chi connectivity index (χ3v) is 14.9. The van der Waals surface area contributed by atoms with E-state index in [1.54, 1.807) is 0 Å². The van der Waals surface area contributed by atoms with Crippen molar-refractivity contribution in [3.63, 3.8) is 0 Å². The van der Waals surface area contributed by atoms with Gasteiger partial charge < -0.3 is 0 Å². The van der Waals surface area contributed by atoms with E-state index in [1.807, 2.05) is 0 Å². The van der Waals surface area contributed by atoms with Crippen molar-refractivity contribution < 1.29 is 16.5 Å². The molecular formula is C66H116N2Ni. The van der Waals surface area contributed by atoms with Crippen LogP contribution in [-0.4, -0.2) is 11.9 Å².